The number of ether oxygens (including phenoxy) is 2. The number of aromatic nitrogens is 3. The fraction of sp³-hybridized carbons (Fsp3) is 0.433. The second-order valence-corrected chi connectivity index (χ2v) is 11.4. The summed E-state index contributed by atoms with van der Waals surface area (Å²) in [6.45, 7) is 10.2. The summed E-state index contributed by atoms with van der Waals surface area (Å²) in [5.74, 6) is -0.187. The van der Waals surface area contributed by atoms with E-state index in [4.69, 9.17) is 9.47 Å². The van der Waals surface area contributed by atoms with Crippen LogP contribution in [0.3, 0.4) is 0 Å². The number of amides is 1. The van der Waals surface area contributed by atoms with E-state index in [1.54, 1.807) is 55.0 Å². The first-order valence-electron chi connectivity index (χ1n) is 13.1. The maximum absolute atomic E-state index is 14.5. The highest BCUT2D eigenvalue weighted by Gasteiger charge is 2.58. The second-order valence-electron chi connectivity index (χ2n) is 11.4. The van der Waals surface area contributed by atoms with E-state index < -0.39 is 23.8 Å². The van der Waals surface area contributed by atoms with E-state index in [-0.39, 0.29) is 23.7 Å². The minimum atomic E-state index is -1.46. The van der Waals surface area contributed by atoms with Crippen LogP contribution in [0.4, 0.5) is 4.79 Å². The van der Waals surface area contributed by atoms with Crippen LogP contribution in [-0.4, -0.2) is 49.9 Å². The van der Waals surface area contributed by atoms with E-state index in [1.165, 1.54) is 0 Å². The summed E-state index contributed by atoms with van der Waals surface area (Å²) >= 11 is 0. The molecule has 1 aromatic carbocycles. The third kappa shape index (κ3) is 5.72. The molecule has 1 N–H and O–H groups in total. The van der Waals surface area contributed by atoms with Gasteiger partial charge in [-0.15, -0.1) is 0 Å². The maximum Gasteiger partial charge on any atom is 0.507 e. The molecule has 0 saturated carbocycles. The zero-order valence-corrected chi connectivity index (χ0v) is 23.3. The van der Waals surface area contributed by atoms with Gasteiger partial charge in [-0.1, -0.05) is 46.8 Å². The number of carbonyl (C=O) groups is 2. The minimum Gasteiger partial charge on any atom is -0.496 e. The fourth-order valence-electron chi connectivity index (χ4n) is 5.65. The summed E-state index contributed by atoms with van der Waals surface area (Å²) in [7, 11) is 1.58. The van der Waals surface area contributed by atoms with Crippen LogP contribution < -0.4 is 4.74 Å². The first-order chi connectivity index (χ1) is 18.5. The molecule has 1 aliphatic heterocycles. The predicted molar refractivity (Wildman–Crippen MR) is 146 cm³/mol. The number of rotatable bonds is 7. The first kappa shape index (κ1) is 28.0. The Hall–Kier alpha value is -4.01. The van der Waals surface area contributed by atoms with Gasteiger partial charge in [-0.05, 0) is 41.2 Å². The van der Waals surface area contributed by atoms with Crippen molar-refractivity contribution in [2.45, 2.75) is 70.6 Å². The molecule has 3 heterocycles. The molecule has 1 aliphatic rings. The smallest absolute Gasteiger partial charge is 0.496 e. The molecule has 2 aromatic heterocycles. The molecule has 0 unspecified atom stereocenters. The van der Waals surface area contributed by atoms with Crippen LogP contribution in [0.15, 0.2) is 61.2 Å². The second kappa shape index (κ2) is 11.0. The Morgan fingerprint density at radius 2 is 1.85 bits per heavy atom. The summed E-state index contributed by atoms with van der Waals surface area (Å²) < 4.78 is 11.4. The largest absolute Gasteiger partial charge is 0.507 e. The van der Waals surface area contributed by atoms with Crippen molar-refractivity contribution in [3.63, 3.8) is 0 Å². The topological polar surface area (TPSA) is 115 Å². The third-order valence-corrected chi connectivity index (χ3v) is 7.07. The standard InChI is InChI=1S/C30H36N4O5/c1-19(2)16-30(39-28(36)37)17-21(24-18-31-13-14-33-24)26(23-9-7-8-12-32-23)34(30)27(35)20-10-11-22(29(3,4)5)25(15-20)38-6/h7-15,18-19,21,26H,16-17H2,1-6H3,(H,36,37)/t21-,26-,30+/m1/s1. The number of carbonyl (C=O) groups excluding carboxylic acids is 1. The molecule has 9 nitrogen and oxygen atoms in total. The average molecular weight is 533 g/mol. The van der Waals surface area contributed by atoms with Crippen LogP contribution in [0, 0.1) is 5.92 Å². The Bertz CT molecular complexity index is 1310. The average Bonchev–Trinajstić information content (AvgIpc) is 3.21. The number of benzene rings is 1. The molecule has 0 bridgehead atoms. The van der Waals surface area contributed by atoms with Crippen molar-refractivity contribution in [3.8, 4) is 5.75 Å². The zero-order valence-electron chi connectivity index (χ0n) is 23.3. The highest BCUT2D eigenvalue weighted by molar-refractivity contribution is 5.96. The van der Waals surface area contributed by atoms with Gasteiger partial charge in [0.2, 0.25) is 0 Å². The Kier molecular flexibility index (Phi) is 7.90. The number of likely N-dealkylation sites (tertiary alicyclic amines) is 1. The number of nitrogens with zero attached hydrogens (tertiary/aromatic N) is 4. The van der Waals surface area contributed by atoms with E-state index in [1.807, 2.05) is 32.0 Å². The maximum atomic E-state index is 14.5. The van der Waals surface area contributed by atoms with Crippen LogP contribution in [0.2, 0.25) is 0 Å². The normalized spacial score (nSPS) is 21.2. The van der Waals surface area contributed by atoms with Gasteiger partial charge in [0, 0.05) is 49.1 Å². The van der Waals surface area contributed by atoms with Crippen molar-refractivity contribution >= 4 is 12.1 Å². The molecule has 1 amide bonds. The van der Waals surface area contributed by atoms with E-state index in [0.29, 0.717) is 29.1 Å². The van der Waals surface area contributed by atoms with Crippen molar-refractivity contribution in [3.05, 3.63) is 83.7 Å². The molecule has 0 aliphatic carbocycles. The van der Waals surface area contributed by atoms with Crippen molar-refractivity contribution in [1.29, 1.82) is 0 Å². The van der Waals surface area contributed by atoms with Crippen molar-refractivity contribution < 1.29 is 24.2 Å². The zero-order chi connectivity index (χ0) is 28.4. The summed E-state index contributed by atoms with van der Waals surface area (Å²) in [4.78, 5) is 41.7. The van der Waals surface area contributed by atoms with Crippen molar-refractivity contribution in [2.24, 2.45) is 5.92 Å². The molecule has 9 heteroatoms. The lowest BCUT2D eigenvalue weighted by atomic mass is 9.85. The van der Waals surface area contributed by atoms with Gasteiger partial charge >= 0.3 is 6.16 Å². The van der Waals surface area contributed by atoms with E-state index in [0.717, 1.165) is 5.56 Å². The van der Waals surface area contributed by atoms with E-state index in [2.05, 4.69) is 35.7 Å². The van der Waals surface area contributed by atoms with Crippen LogP contribution >= 0.6 is 0 Å². The van der Waals surface area contributed by atoms with Gasteiger partial charge in [0.05, 0.1) is 24.5 Å². The van der Waals surface area contributed by atoms with Gasteiger partial charge in [-0.3, -0.25) is 24.6 Å². The van der Waals surface area contributed by atoms with Gasteiger partial charge in [-0.25, -0.2) is 4.79 Å². The molecule has 1 saturated heterocycles. The number of methoxy groups -OCH3 is 1. The van der Waals surface area contributed by atoms with Crippen LogP contribution in [0.25, 0.3) is 0 Å². The lowest BCUT2D eigenvalue weighted by Gasteiger charge is -2.40. The molecular weight excluding hydrogens is 496 g/mol. The highest BCUT2D eigenvalue weighted by atomic mass is 16.7. The molecule has 0 radical (unpaired) electrons. The Labute approximate surface area is 229 Å². The monoisotopic (exact) mass is 532 g/mol. The lowest BCUT2D eigenvalue weighted by molar-refractivity contribution is -0.108. The number of hydrogen-bond donors (Lipinski definition) is 1. The molecular formula is C30H36N4O5. The van der Waals surface area contributed by atoms with E-state index in [9.17, 15) is 14.7 Å². The summed E-state index contributed by atoms with van der Waals surface area (Å²) in [5.41, 5.74) is 0.893. The summed E-state index contributed by atoms with van der Waals surface area (Å²) in [6, 6.07) is 10.2. The highest BCUT2D eigenvalue weighted by Crippen LogP contribution is 2.54. The van der Waals surface area contributed by atoms with E-state index >= 15 is 0 Å². The van der Waals surface area contributed by atoms with Gasteiger partial charge < -0.3 is 14.6 Å². The van der Waals surface area contributed by atoms with Crippen molar-refractivity contribution in [2.75, 3.05) is 7.11 Å². The quantitative estimate of drug-likeness (QED) is 0.369. The predicted octanol–water partition coefficient (Wildman–Crippen LogP) is 5.99. The van der Waals surface area contributed by atoms with Crippen LogP contribution in [0.5, 0.6) is 5.75 Å². The Balaban J connectivity index is 1.95. The first-order valence-corrected chi connectivity index (χ1v) is 13.1. The van der Waals surface area contributed by atoms with Gasteiger partial charge in [-0.2, -0.15) is 0 Å². The molecule has 39 heavy (non-hydrogen) atoms. The molecule has 3 aromatic rings. The third-order valence-electron chi connectivity index (χ3n) is 7.07. The van der Waals surface area contributed by atoms with Crippen molar-refractivity contribution in [1.82, 2.24) is 19.9 Å². The summed E-state index contributed by atoms with van der Waals surface area (Å²) in [6.07, 6.45) is 5.53. The molecule has 0 spiro atoms. The summed E-state index contributed by atoms with van der Waals surface area (Å²) in [5, 5.41) is 9.92. The lowest BCUT2D eigenvalue weighted by Crippen LogP contribution is -2.52. The minimum absolute atomic E-state index is 0.0162. The number of pyridine rings is 1. The molecule has 206 valence electrons. The SMILES string of the molecule is COc1cc(C(=O)N2[C@@H](c3ccccn3)[C@@H](c3cnccn3)C[C@]2(CC(C)C)OC(=O)O)ccc1C(C)(C)C. The van der Waals surface area contributed by atoms with Crippen LogP contribution in [0.1, 0.15) is 86.7 Å². The molecule has 4 rings (SSSR count). The van der Waals surface area contributed by atoms with Gasteiger partial charge in [0.15, 0.2) is 5.72 Å². The number of carboxylic acid groups (broad SMARTS) is 1. The Morgan fingerprint density at radius 3 is 2.41 bits per heavy atom. The number of hydrogen-bond acceptors (Lipinski definition) is 7. The molecule has 3 atom stereocenters. The molecule has 1 fully saturated rings. The fourth-order valence-corrected chi connectivity index (χ4v) is 5.65. The Morgan fingerprint density at radius 1 is 1.10 bits per heavy atom. The van der Waals surface area contributed by atoms with Gasteiger partial charge in [0.25, 0.3) is 5.91 Å². The van der Waals surface area contributed by atoms with Crippen LogP contribution in [-0.2, 0) is 10.2 Å². The van der Waals surface area contributed by atoms with Gasteiger partial charge in [0.1, 0.15) is 5.75 Å².